The van der Waals surface area contributed by atoms with Crippen molar-refractivity contribution >= 4 is 16.0 Å². The Bertz CT molecular complexity index is 575. The second-order valence-electron chi connectivity index (χ2n) is 9.44. The van der Waals surface area contributed by atoms with Crippen LogP contribution in [0.15, 0.2) is 0 Å². The van der Waals surface area contributed by atoms with Gasteiger partial charge in [-0.2, -0.15) is 0 Å². The van der Waals surface area contributed by atoms with Crippen molar-refractivity contribution in [1.82, 2.24) is 10.0 Å². The quantitative estimate of drug-likeness (QED) is 0.227. The van der Waals surface area contributed by atoms with Gasteiger partial charge in [0.1, 0.15) is 0 Å². The second-order valence-corrected chi connectivity index (χ2v) is 11.3. The summed E-state index contributed by atoms with van der Waals surface area (Å²) in [6, 6.07) is -0.267. The van der Waals surface area contributed by atoms with Crippen LogP contribution in [0.2, 0.25) is 0 Å². The summed E-state index contributed by atoms with van der Waals surface area (Å²) in [7, 11) is -3.59. The number of carboxylic acids is 1. The monoisotopic (exact) mass is 480 g/mol. The normalized spacial score (nSPS) is 18.0. The first-order chi connectivity index (χ1) is 15.0. The molecule has 5 N–H and O–H groups in total. The predicted octanol–water partition coefficient (Wildman–Crippen LogP) is 2.88. The van der Waals surface area contributed by atoms with E-state index in [1.54, 1.807) is 0 Å². The van der Waals surface area contributed by atoms with Crippen molar-refractivity contribution in [3.8, 4) is 0 Å². The number of sulfonamides is 1. The third-order valence-electron chi connectivity index (χ3n) is 5.73. The van der Waals surface area contributed by atoms with Crippen LogP contribution in [0.3, 0.4) is 0 Å². The number of nitrogens with one attached hydrogen (secondary N) is 2. The van der Waals surface area contributed by atoms with Gasteiger partial charge < -0.3 is 20.6 Å². The largest absolute Gasteiger partial charge is 0.481 e. The number of unbranched alkanes of at least 4 members (excludes halogenated alkanes) is 1. The SMILES string of the molecule is CC(=O)O.CCCCNS(=O)(=O)CC(O)C(O)C(CC1CCCCC1)NCCCC(C)C. The molecule has 1 aliphatic rings. The summed E-state index contributed by atoms with van der Waals surface area (Å²) in [6.07, 6.45) is 8.24. The van der Waals surface area contributed by atoms with Crippen LogP contribution in [-0.2, 0) is 14.8 Å². The van der Waals surface area contributed by atoms with Gasteiger partial charge in [-0.05, 0) is 44.1 Å². The van der Waals surface area contributed by atoms with Gasteiger partial charge in [0.15, 0.2) is 0 Å². The van der Waals surface area contributed by atoms with Gasteiger partial charge in [-0.15, -0.1) is 0 Å². The summed E-state index contributed by atoms with van der Waals surface area (Å²) in [4.78, 5) is 9.00. The molecule has 8 nitrogen and oxygen atoms in total. The van der Waals surface area contributed by atoms with Crippen LogP contribution in [-0.4, -0.2) is 66.8 Å². The molecule has 1 rings (SSSR count). The van der Waals surface area contributed by atoms with Crippen molar-refractivity contribution < 1.29 is 28.5 Å². The molecule has 3 unspecified atom stereocenters. The van der Waals surface area contributed by atoms with E-state index in [9.17, 15) is 18.6 Å². The third kappa shape index (κ3) is 16.8. The lowest BCUT2D eigenvalue weighted by Gasteiger charge is -2.32. The van der Waals surface area contributed by atoms with Crippen LogP contribution < -0.4 is 10.0 Å². The van der Waals surface area contributed by atoms with Gasteiger partial charge in [-0.3, -0.25) is 4.79 Å². The lowest BCUT2D eigenvalue weighted by molar-refractivity contribution is -0.134. The Kier molecular flexibility index (Phi) is 17.3. The van der Waals surface area contributed by atoms with Crippen molar-refractivity contribution in [2.24, 2.45) is 11.8 Å². The molecule has 0 aromatic heterocycles. The zero-order chi connectivity index (χ0) is 24.6. The average molecular weight is 481 g/mol. The van der Waals surface area contributed by atoms with E-state index in [1.807, 2.05) is 6.92 Å². The van der Waals surface area contributed by atoms with E-state index in [-0.39, 0.29) is 6.04 Å². The van der Waals surface area contributed by atoms with Crippen LogP contribution in [0.5, 0.6) is 0 Å². The Balaban J connectivity index is 0.00000220. The first-order valence-electron chi connectivity index (χ1n) is 12.2. The van der Waals surface area contributed by atoms with E-state index in [2.05, 4.69) is 23.9 Å². The number of rotatable bonds is 15. The van der Waals surface area contributed by atoms with Crippen LogP contribution in [0.25, 0.3) is 0 Å². The molecule has 3 atom stereocenters. The molecule has 0 aliphatic heterocycles. The maximum atomic E-state index is 12.2. The topological polar surface area (TPSA) is 136 Å². The van der Waals surface area contributed by atoms with E-state index < -0.39 is 34.0 Å². The van der Waals surface area contributed by atoms with Crippen molar-refractivity contribution in [2.45, 2.75) is 110 Å². The molecule has 1 fully saturated rings. The highest BCUT2D eigenvalue weighted by atomic mass is 32.2. The van der Waals surface area contributed by atoms with Crippen molar-refractivity contribution in [3.63, 3.8) is 0 Å². The van der Waals surface area contributed by atoms with Crippen LogP contribution in [0.1, 0.15) is 91.9 Å². The molecule has 1 aliphatic carbocycles. The van der Waals surface area contributed by atoms with Gasteiger partial charge in [-0.25, -0.2) is 13.1 Å². The fourth-order valence-electron chi connectivity index (χ4n) is 3.98. The molecule has 0 bridgehead atoms. The van der Waals surface area contributed by atoms with Crippen molar-refractivity contribution in [1.29, 1.82) is 0 Å². The van der Waals surface area contributed by atoms with E-state index in [0.717, 1.165) is 58.4 Å². The molecule has 9 heteroatoms. The van der Waals surface area contributed by atoms with Gasteiger partial charge >= 0.3 is 0 Å². The Morgan fingerprint density at radius 2 is 1.66 bits per heavy atom. The number of carboxylic acid groups (broad SMARTS) is 1. The summed E-state index contributed by atoms with van der Waals surface area (Å²) < 4.78 is 26.8. The van der Waals surface area contributed by atoms with Gasteiger partial charge in [0.25, 0.3) is 5.97 Å². The highest BCUT2D eigenvalue weighted by Crippen LogP contribution is 2.28. The minimum absolute atomic E-state index is 0.267. The minimum Gasteiger partial charge on any atom is -0.481 e. The highest BCUT2D eigenvalue weighted by molar-refractivity contribution is 7.89. The predicted molar refractivity (Wildman–Crippen MR) is 129 cm³/mol. The third-order valence-corrected chi connectivity index (χ3v) is 7.15. The molecule has 0 heterocycles. The molecule has 32 heavy (non-hydrogen) atoms. The summed E-state index contributed by atoms with van der Waals surface area (Å²) >= 11 is 0. The molecule has 192 valence electrons. The zero-order valence-electron chi connectivity index (χ0n) is 20.6. The maximum absolute atomic E-state index is 12.2. The Morgan fingerprint density at radius 3 is 2.19 bits per heavy atom. The molecule has 0 spiro atoms. The standard InChI is InChI=1S/C21H44N2O4S.C2H4O2/c1-4-5-14-23-28(26,27)16-20(24)21(25)19(22-13-9-10-17(2)3)15-18-11-7-6-8-12-18;1-2(3)4/h17-25H,4-16H2,1-3H3;1H3,(H,3,4). The average Bonchev–Trinajstić information content (AvgIpc) is 2.69. The van der Waals surface area contributed by atoms with Gasteiger partial charge in [-0.1, -0.05) is 59.3 Å². The zero-order valence-corrected chi connectivity index (χ0v) is 21.4. The van der Waals surface area contributed by atoms with Crippen molar-refractivity contribution in [3.05, 3.63) is 0 Å². The fraction of sp³-hybridized carbons (Fsp3) is 0.957. The molecule has 0 amide bonds. The second kappa shape index (κ2) is 17.7. The number of aliphatic hydroxyl groups is 2. The van der Waals surface area contributed by atoms with Crippen LogP contribution >= 0.6 is 0 Å². The molecule has 0 radical (unpaired) electrons. The lowest BCUT2D eigenvalue weighted by Crippen LogP contribution is -2.50. The number of carbonyl (C=O) groups is 1. The Hall–Kier alpha value is -0.740. The number of hydrogen-bond donors (Lipinski definition) is 5. The van der Waals surface area contributed by atoms with E-state index in [1.165, 1.54) is 19.3 Å². The van der Waals surface area contributed by atoms with Crippen LogP contribution in [0.4, 0.5) is 0 Å². The summed E-state index contributed by atoms with van der Waals surface area (Å²) in [5.41, 5.74) is 0. The fourth-order valence-corrected chi connectivity index (χ4v) is 5.20. The first-order valence-corrected chi connectivity index (χ1v) is 13.9. The van der Waals surface area contributed by atoms with E-state index in [0.29, 0.717) is 18.4 Å². The lowest BCUT2D eigenvalue weighted by atomic mass is 9.83. The van der Waals surface area contributed by atoms with Gasteiger partial charge in [0.05, 0.1) is 18.0 Å². The molecule has 0 aromatic carbocycles. The molecule has 1 saturated carbocycles. The number of aliphatic hydroxyl groups excluding tert-OH is 2. The number of hydrogen-bond acceptors (Lipinski definition) is 6. The first kappa shape index (κ1) is 31.3. The van der Waals surface area contributed by atoms with E-state index in [4.69, 9.17) is 9.90 Å². The van der Waals surface area contributed by atoms with Crippen molar-refractivity contribution in [2.75, 3.05) is 18.8 Å². The van der Waals surface area contributed by atoms with E-state index >= 15 is 0 Å². The molecule has 0 aromatic rings. The molecular formula is C23H48N2O6S. The molecule has 0 saturated heterocycles. The Morgan fingerprint density at radius 1 is 1.06 bits per heavy atom. The minimum atomic E-state index is -3.59. The smallest absolute Gasteiger partial charge is 0.300 e. The highest BCUT2D eigenvalue weighted by Gasteiger charge is 2.31. The van der Waals surface area contributed by atoms with Gasteiger partial charge in [0, 0.05) is 19.5 Å². The summed E-state index contributed by atoms with van der Waals surface area (Å²) in [5, 5.41) is 32.0. The maximum Gasteiger partial charge on any atom is 0.300 e. The number of aliphatic carboxylic acids is 1. The van der Waals surface area contributed by atoms with Crippen LogP contribution in [0, 0.1) is 11.8 Å². The Labute approximate surface area is 195 Å². The summed E-state index contributed by atoms with van der Waals surface area (Å²) in [5.74, 6) is -0.113. The molecular weight excluding hydrogens is 432 g/mol. The van der Waals surface area contributed by atoms with Gasteiger partial charge in [0.2, 0.25) is 10.0 Å². The summed E-state index contributed by atoms with van der Waals surface area (Å²) in [6.45, 7) is 8.61.